The lowest BCUT2D eigenvalue weighted by molar-refractivity contribution is 0.417. The van der Waals surface area contributed by atoms with E-state index in [1.165, 1.54) is 12.8 Å². The average Bonchev–Trinajstić information content (AvgIpc) is 2.71. The SMILES string of the molecule is C=C(CCCCC)/C(=C(\C)O)c1ccsc1. The Morgan fingerprint density at radius 3 is 2.69 bits per heavy atom. The lowest BCUT2D eigenvalue weighted by Crippen LogP contribution is -1.92. The number of allylic oxidation sites excluding steroid dienone is 3. The quantitative estimate of drug-likeness (QED) is 0.410. The molecule has 88 valence electrons. The molecular weight excluding hydrogens is 216 g/mol. The maximum Gasteiger partial charge on any atom is 0.0972 e. The molecule has 0 fully saturated rings. The van der Waals surface area contributed by atoms with Gasteiger partial charge in [-0.05, 0) is 47.7 Å². The van der Waals surface area contributed by atoms with E-state index in [9.17, 15) is 5.11 Å². The number of aliphatic hydroxyl groups excluding tert-OH is 1. The number of unbranched alkanes of at least 4 members (excludes halogenated alkanes) is 2. The third-order valence-electron chi connectivity index (χ3n) is 2.61. The van der Waals surface area contributed by atoms with Crippen LogP contribution in [0.25, 0.3) is 5.57 Å². The summed E-state index contributed by atoms with van der Waals surface area (Å²) in [5, 5.41) is 13.8. The summed E-state index contributed by atoms with van der Waals surface area (Å²) in [5.41, 5.74) is 3.07. The summed E-state index contributed by atoms with van der Waals surface area (Å²) in [6.45, 7) is 8.02. The van der Waals surface area contributed by atoms with Gasteiger partial charge in [-0.1, -0.05) is 26.3 Å². The van der Waals surface area contributed by atoms with E-state index < -0.39 is 0 Å². The second-order valence-electron chi connectivity index (χ2n) is 4.03. The summed E-state index contributed by atoms with van der Waals surface area (Å²) < 4.78 is 0. The van der Waals surface area contributed by atoms with Gasteiger partial charge in [0, 0.05) is 5.57 Å². The van der Waals surface area contributed by atoms with E-state index in [4.69, 9.17) is 0 Å². The van der Waals surface area contributed by atoms with Crippen LogP contribution < -0.4 is 0 Å². The maximum absolute atomic E-state index is 9.73. The molecular formula is C14H20OS. The van der Waals surface area contributed by atoms with E-state index in [0.717, 1.165) is 29.6 Å². The van der Waals surface area contributed by atoms with Crippen LogP contribution in [0.3, 0.4) is 0 Å². The lowest BCUT2D eigenvalue weighted by atomic mass is 9.96. The van der Waals surface area contributed by atoms with Gasteiger partial charge in [0.05, 0.1) is 5.76 Å². The molecule has 0 aliphatic heterocycles. The molecule has 0 spiro atoms. The zero-order chi connectivity index (χ0) is 12.0. The fourth-order valence-electron chi connectivity index (χ4n) is 1.79. The van der Waals surface area contributed by atoms with Crippen molar-refractivity contribution in [2.75, 3.05) is 0 Å². The first-order valence-corrected chi connectivity index (χ1v) is 6.71. The Labute approximate surface area is 102 Å². The van der Waals surface area contributed by atoms with Crippen molar-refractivity contribution in [2.45, 2.75) is 39.5 Å². The molecule has 1 N–H and O–H groups in total. The Kier molecular flexibility index (Phi) is 5.33. The minimum Gasteiger partial charge on any atom is -0.512 e. The first-order chi connectivity index (χ1) is 7.66. The van der Waals surface area contributed by atoms with E-state index in [1.54, 1.807) is 18.3 Å². The highest BCUT2D eigenvalue weighted by Crippen LogP contribution is 2.29. The van der Waals surface area contributed by atoms with Crippen LogP contribution in [0.1, 0.15) is 45.1 Å². The van der Waals surface area contributed by atoms with Crippen LogP contribution in [0.4, 0.5) is 0 Å². The molecule has 0 saturated carbocycles. The molecule has 0 radical (unpaired) electrons. The fraction of sp³-hybridized carbons (Fsp3) is 0.429. The predicted octanol–water partition coefficient (Wildman–Crippen LogP) is 5.17. The highest BCUT2D eigenvalue weighted by Gasteiger charge is 2.09. The zero-order valence-corrected chi connectivity index (χ0v) is 10.9. The van der Waals surface area contributed by atoms with Crippen molar-refractivity contribution in [3.8, 4) is 0 Å². The first-order valence-electron chi connectivity index (χ1n) is 5.77. The molecule has 0 bridgehead atoms. The van der Waals surface area contributed by atoms with Crippen molar-refractivity contribution in [2.24, 2.45) is 0 Å². The molecule has 0 atom stereocenters. The Bertz CT molecular complexity index is 356. The van der Waals surface area contributed by atoms with Crippen molar-refractivity contribution in [3.05, 3.63) is 40.3 Å². The fourth-order valence-corrected chi connectivity index (χ4v) is 2.44. The predicted molar refractivity (Wildman–Crippen MR) is 72.8 cm³/mol. The Balaban J connectivity index is 2.74. The van der Waals surface area contributed by atoms with Gasteiger partial charge in [0.15, 0.2) is 0 Å². The van der Waals surface area contributed by atoms with Gasteiger partial charge in [-0.3, -0.25) is 0 Å². The number of aliphatic hydroxyl groups is 1. The van der Waals surface area contributed by atoms with Crippen molar-refractivity contribution in [1.29, 1.82) is 0 Å². The van der Waals surface area contributed by atoms with Gasteiger partial charge in [-0.25, -0.2) is 0 Å². The van der Waals surface area contributed by atoms with Crippen molar-refractivity contribution >= 4 is 16.9 Å². The Hall–Kier alpha value is -1.02. The van der Waals surface area contributed by atoms with E-state index in [1.807, 2.05) is 11.4 Å². The first kappa shape index (κ1) is 13.0. The van der Waals surface area contributed by atoms with Gasteiger partial charge in [-0.2, -0.15) is 11.3 Å². The summed E-state index contributed by atoms with van der Waals surface area (Å²) in [7, 11) is 0. The second-order valence-corrected chi connectivity index (χ2v) is 4.81. The van der Waals surface area contributed by atoms with E-state index in [0.29, 0.717) is 5.76 Å². The molecule has 1 heterocycles. The summed E-state index contributed by atoms with van der Waals surface area (Å²) in [5.74, 6) is 0.375. The summed E-state index contributed by atoms with van der Waals surface area (Å²) in [6.07, 6.45) is 4.55. The van der Waals surface area contributed by atoms with Crippen molar-refractivity contribution in [1.82, 2.24) is 0 Å². The van der Waals surface area contributed by atoms with Gasteiger partial charge in [0.1, 0.15) is 0 Å². The highest BCUT2D eigenvalue weighted by molar-refractivity contribution is 7.08. The van der Waals surface area contributed by atoms with Gasteiger partial charge in [0.2, 0.25) is 0 Å². The third kappa shape index (κ3) is 3.53. The van der Waals surface area contributed by atoms with Gasteiger partial charge in [0.25, 0.3) is 0 Å². The largest absolute Gasteiger partial charge is 0.512 e. The van der Waals surface area contributed by atoms with Crippen LogP contribution in [-0.4, -0.2) is 5.11 Å². The van der Waals surface area contributed by atoms with Crippen LogP contribution in [0.15, 0.2) is 34.7 Å². The molecule has 0 amide bonds. The molecule has 1 nitrogen and oxygen atoms in total. The molecule has 0 saturated heterocycles. The van der Waals surface area contributed by atoms with Crippen LogP contribution in [0.2, 0.25) is 0 Å². The molecule has 1 rings (SSSR count). The van der Waals surface area contributed by atoms with Crippen LogP contribution in [-0.2, 0) is 0 Å². The number of hydrogen-bond donors (Lipinski definition) is 1. The average molecular weight is 236 g/mol. The normalized spacial score (nSPS) is 12.4. The van der Waals surface area contributed by atoms with E-state index >= 15 is 0 Å². The molecule has 1 aromatic heterocycles. The smallest absolute Gasteiger partial charge is 0.0972 e. The number of thiophene rings is 1. The van der Waals surface area contributed by atoms with Crippen LogP contribution in [0, 0.1) is 0 Å². The van der Waals surface area contributed by atoms with Crippen LogP contribution >= 0.6 is 11.3 Å². The van der Waals surface area contributed by atoms with E-state index in [2.05, 4.69) is 18.9 Å². The molecule has 16 heavy (non-hydrogen) atoms. The van der Waals surface area contributed by atoms with Crippen molar-refractivity contribution in [3.63, 3.8) is 0 Å². The monoisotopic (exact) mass is 236 g/mol. The minimum atomic E-state index is 0.375. The van der Waals surface area contributed by atoms with Gasteiger partial charge in [-0.15, -0.1) is 0 Å². The Morgan fingerprint density at radius 1 is 1.44 bits per heavy atom. The standard InChI is InChI=1S/C14H20OS/c1-4-5-6-7-11(2)14(12(3)15)13-8-9-16-10-13/h8-10,15H,2,4-7H2,1,3H3/b14-12-. The molecule has 0 aromatic carbocycles. The Morgan fingerprint density at radius 2 is 2.19 bits per heavy atom. The molecule has 0 aliphatic carbocycles. The number of rotatable bonds is 6. The highest BCUT2D eigenvalue weighted by atomic mass is 32.1. The molecule has 1 aromatic rings. The summed E-state index contributed by atoms with van der Waals surface area (Å²) in [4.78, 5) is 0. The third-order valence-corrected chi connectivity index (χ3v) is 3.29. The van der Waals surface area contributed by atoms with Crippen molar-refractivity contribution < 1.29 is 5.11 Å². The lowest BCUT2D eigenvalue weighted by Gasteiger charge is -2.10. The maximum atomic E-state index is 9.73. The minimum absolute atomic E-state index is 0.375. The molecule has 0 unspecified atom stereocenters. The van der Waals surface area contributed by atoms with E-state index in [-0.39, 0.29) is 0 Å². The molecule has 0 aliphatic rings. The summed E-state index contributed by atoms with van der Waals surface area (Å²) >= 11 is 1.64. The van der Waals surface area contributed by atoms with Gasteiger partial charge < -0.3 is 5.11 Å². The number of hydrogen-bond acceptors (Lipinski definition) is 2. The molecule has 2 heteroatoms. The zero-order valence-electron chi connectivity index (χ0n) is 10.1. The van der Waals surface area contributed by atoms with Crippen LogP contribution in [0.5, 0.6) is 0 Å². The second kappa shape index (κ2) is 6.54. The summed E-state index contributed by atoms with van der Waals surface area (Å²) in [6, 6.07) is 2.03. The topological polar surface area (TPSA) is 20.2 Å². The van der Waals surface area contributed by atoms with Gasteiger partial charge >= 0.3 is 0 Å².